The van der Waals surface area contributed by atoms with Gasteiger partial charge in [-0.25, -0.2) is 0 Å². The van der Waals surface area contributed by atoms with Gasteiger partial charge in [-0.1, -0.05) is 0 Å². The molecule has 0 saturated heterocycles. The average molecular weight is 484 g/mol. The Kier molecular flexibility index (Phi) is 4.10. The van der Waals surface area contributed by atoms with Crippen molar-refractivity contribution in [2.24, 2.45) is 0 Å². The van der Waals surface area contributed by atoms with Gasteiger partial charge in [0.2, 0.25) is 0 Å². The van der Waals surface area contributed by atoms with E-state index in [2.05, 4.69) is 54.8 Å². The summed E-state index contributed by atoms with van der Waals surface area (Å²) in [5.74, 6) is 0. The van der Waals surface area contributed by atoms with Gasteiger partial charge < -0.3 is 0 Å². The summed E-state index contributed by atoms with van der Waals surface area (Å²) < 4.78 is 0. The number of hydrogen-bond donors (Lipinski definition) is 0. The molecule has 0 aliphatic heterocycles. The van der Waals surface area contributed by atoms with Crippen LogP contribution < -0.4 is 15.9 Å². The molecule has 3 aromatic rings. The van der Waals surface area contributed by atoms with Crippen LogP contribution in [-0.4, -0.2) is 6.03 Å². The van der Waals surface area contributed by atoms with Gasteiger partial charge in [-0.15, -0.1) is 0 Å². The Labute approximate surface area is 141 Å². The number of rotatable bonds is 4. The molecule has 0 aliphatic rings. The van der Waals surface area contributed by atoms with Crippen molar-refractivity contribution in [2.45, 2.75) is 0 Å². The van der Waals surface area contributed by atoms with Crippen LogP contribution in [0.1, 0.15) is 0 Å². The van der Waals surface area contributed by atoms with Crippen molar-refractivity contribution < 1.29 is 23.2 Å². The molecule has 0 bridgehead atoms. The van der Waals surface area contributed by atoms with Gasteiger partial charge in [-0.05, 0) is 0 Å². The molecule has 0 unspecified atom stereocenters. The fourth-order valence-corrected chi connectivity index (χ4v) is 9.47. The topological polar surface area (TPSA) is 17.1 Å². The zero-order valence-electron chi connectivity index (χ0n) is 11.9. The zero-order chi connectivity index (χ0) is 15.5. The average Bonchev–Trinajstić information content (AvgIpc) is 2.63. The molecule has 112 valence electrons. The zero-order valence-corrected chi connectivity index (χ0v) is 15.2. The molecule has 0 atom stereocenters. The maximum atomic E-state index is 12.6. The summed E-state index contributed by atoms with van der Waals surface area (Å²) in [5, 5.41) is 3.29. The summed E-state index contributed by atoms with van der Waals surface area (Å²) >= 11 is 2.14. The van der Waals surface area contributed by atoms with Gasteiger partial charge in [0.1, 0.15) is 0 Å². The molecule has 0 saturated carbocycles. The third-order valence-corrected chi connectivity index (χ3v) is 14.5. The number of benzene rings is 3. The van der Waals surface area contributed by atoms with Crippen LogP contribution >= 0.6 is 4.84 Å². The molecule has 22 heavy (non-hydrogen) atoms. The molecular formula is C19H16IrOP. The van der Waals surface area contributed by atoms with E-state index in [0.29, 0.717) is 0 Å². The standard InChI is InChI=1S/C19H16OP.Ir/c20-16-21(17-10-4-1-5-11-17,18-12-6-2-7-13-18)19-14-8-3-9-15-19;/h1-16H;/q+1;-1. The Morgan fingerprint density at radius 3 is 1.09 bits per heavy atom. The summed E-state index contributed by atoms with van der Waals surface area (Å²) in [6.07, 6.45) is 0. The predicted octanol–water partition coefficient (Wildman–Crippen LogP) is 3.17. The molecular weight excluding hydrogens is 467 g/mol. The fraction of sp³-hybridized carbons (Fsp3) is 0. The van der Waals surface area contributed by atoms with Gasteiger partial charge in [-0.2, -0.15) is 0 Å². The molecule has 0 heterocycles. The van der Waals surface area contributed by atoms with Gasteiger partial charge >= 0.3 is 141 Å². The van der Waals surface area contributed by atoms with E-state index in [4.69, 9.17) is 0 Å². The summed E-state index contributed by atoms with van der Waals surface area (Å²) in [6, 6.07) is 31.7. The SMILES string of the molecule is O=C[P]([Ir])(c1ccccc1)(c1ccccc1)c1ccccc1. The van der Waals surface area contributed by atoms with E-state index >= 15 is 0 Å². The van der Waals surface area contributed by atoms with Crippen molar-refractivity contribution in [3.05, 3.63) is 91.0 Å². The van der Waals surface area contributed by atoms with Crippen LogP contribution in [0.3, 0.4) is 0 Å². The Bertz CT molecular complexity index is 673. The Morgan fingerprint density at radius 1 is 0.591 bits per heavy atom. The van der Waals surface area contributed by atoms with Crippen molar-refractivity contribution in [2.75, 3.05) is 0 Å². The number of carbonyl (C=O) groups excluding carboxylic acids is 1. The van der Waals surface area contributed by atoms with Crippen LogP contribution in [0.5, 0.6) is 0 Å². The minimum absolute atomic E-state index is 1.10. The number of hydrogen-bond acceptors (Lipinski definition) is 1. The molecule has 0 amide bonds. The van der Waals surface area contributed by atoms with Crippen LogP contribution in [0.15, 0.2) is 91.0 Å². The van der Waals surface area contributed by atoms with Crippen molar-refractivity contribution in [3.8, 4) is 0 Å². The second-order valence-corrected chi connectivity index (χ2v) is 15.6. The third-order valence-electron chi connectivity index (χ3n) is 3.94. The van der Waals surface area contributed by atoms with E-state index < -0.39 is 4.84 Å². The Balaban J connectivity index is 2.44. The molecule has 3 aromatic carbocycles. The summed E-state index contributed by atoms with van der Waals surface area (Å²) in [4.78, 5) is 9.53. The first-order valence-corrected chi connectivity index (χ1v) is 12.4. The molecule has 0 fully saturated rings. The second kappa shape index (κ2) is 5.89. The van der Waals surface area contributed by atoms with E-state index in [1.165, 1.54) is 6.03 Å². The van der Waals surface area contributed by atoms with Crippen molar-refractivity contribution in [1.29, 1.82) is 0 Å². The molecule has 0 N–H and O–H groups in total. The van der Waals surface area contributed by atoms with E-state index in [1.54, 1.807) is 0 Å². The van der Waals surface area contributed by atoms with Crippen LogP contribution in [0.2, 0.25) is 0 Å². The predicted molar refractivity (Wildman–Crippen MR) is 91.9 cm³/mol. The van der Waals surface area contributed by atoms with E-state index in [9.17, 15) is 4.79 Å². The van der Waals surface area contributed by atoms with Gasteiger partial charge in [0.05, 0.1) is 0 Å². The van der Waals surface area contributed by atoms with E-state index in [-0.39, 0.29) is 0 Å². The summed E-state index contributed by atoms with van der Waals surface area (Å²) in [7, 11) is 0. The van der Waals surface area contributed by atoms with E-state index in [0.717, 1.165) is 15.9 Å². The van der Waals surface area contributed by atoms with Crippen LogP contribution in [0.25, 0.3) is 0 Å². The normalized spacial score (nSPS) is 13.1. The monoisotopic (exact) mass is 484 g/mol. The first kappa shape index (κ1) is 15.3. The molecule has 3 rings (SSSR count). The number of carbonyl (C=O) groups is 1. The second-order valence-electron chi connectivity index (χ2n) is 5.14. The van der Waals surface area contributed by atoms with Crippen LogP contribution in [0, 0.1) is 0 Å². The molecule has 0 aliphatic carbocycles. The molecule has 1 nitrogen and oxygen atoms in total. The van der Waals surface area contributed by atoms with Crippen LogP contribution in [-0.2, 0) is 23.2 Å². The van der Waals surface area contributed by atoms with Crippen molar-refractivity contribution in [1.82, 2.24) is 0 Å². The van der Waals surface area contributed by atoms with Gasteiger partial charge in [0.25, 0.3) is 0 Å². The first-order valence-electron chi connectivity index (χ1n) is 7.05. The maximum absolute atomic E-state index is 12.6. The third kappa shape index (κ3) is 2.20. The van der Waals surface area contributed by atoms with Gasteiger partial charge in [0, 0.05) is 0 Å². The van der Waals surface area contributed by atoms with Gasteiger partial charge in [0.15, 0.2) is 0 Å². The van der Waals surface area contributed by atoms with Gasteiger partial charge in [-0.3, -0.25) is 0 Å². The molecule has 3 heteroatoms. The van der Waals surface area contributed by atoms with Crippen LogP contribution in [0.4, 0.5) is 0 Å². The first-order chi connectivity index (χ1) is 10.7. The van der Waals surface area contributed by atoms with Crippen molar-refractivity contribution in [3.63, 3.8) is 0 Å². The fourth-order valence-electron chi connectivity index (χ4n) is 2.77. The molecule has 0 aromatic heterocycles. The molecule has 0 radical (unpaired) electrons. The minimum atomic E-state index is -3.08. The quantitative estimate of drug-likeness (QED) is 0.412. The Morgan fingerprint density at radius 2 is 0.864 bits per heavy atom. The molecule has 0 spiro atoms. The summed E-state index contributed by atoms with van der Waals surface area (Å²) in [6.45, 7) is 0. The van der Waals surface area contributed by atoms with Crippen molar-refractivity contribution >= 4 is 26.8 Å². The van der Waals surface area contributed by atoms with E-state index in [1.807, 2.05) is 54.6 Å². The Hall–Kier alpha value is -1.59. The summed E-state index contributed by atoms with van der Waals surface area (Å²) in [5.41, 5.74) is 0.